The number of fused-ring (bicyclic) bond motifs is 1. The van der Waals surface area contributed by atoms with Crippen molar-refractivity contribution in [3.63, 3.8) is 0 Å². The first-order valence-electron chi connectivity index (χ1n) is 10.7. The molecule has 31 heavy (non-hydrogen) atoms. The van der Waals surface area contributed by atoms with E-state index in [-0.39, 0.29) is 30.6 Å². The zero-order chi connectivity index (χ0) is 22.1. The van der Waals surface area contributed by atoms with E-state index in [2.05, 4.69) is 32.0 Å². The molecule has 1 aliphatic rings. The highest BCUT2D eigenvalue weighted by atomic mass is 16.2. The van der Waals surface area contributed by atoms with E-state index in [0.29, 0.717) is 19.3 Å². The second-order valence-corrected chi connectivity index (χ2v) is 7.78. The zero-order valence-electron chi connectivity index (χ0n) is 17.8. The lowest BCUT2D eigenvalue weighted by molar-refractivity contribution is -0.126. The first kappa shape index (κ1) is 22.4. The minimum Gasteiger partial charge on any atom is -0.370 e. The summed E-state index contributed by atoms with van der Waals surface area (Å²) in [6.07, 6.45) is 7.28. The number of aromatic nitrogens is 2. The Hall–Kier alpha value is -3.29. The molecule has 1 aliphatic heterocycles. The van der Waals surface area contributed by atoms with Gasteiger partial charge < -0.3 is 16.0 Å². The van der Waals surface area contributed by atoms with Crippen LogP contribution >= 0.6 is 0 Å². The number of carbonyl (C=O) groups is 3. The van der Waals surface area contributed by atoms with Crippen molar-refractivity contribution < 1.29 is 14.4 Å². The van der Waals surface area contributed by atoms with Gasteiger partial charge in [-0.1, -0.05) is 12.1 Å². The van der Waals surface area contributed by atoms with E-state index in [0.717, 1.165) is 36.5 Å². The van der Waals surface area contributed by atoms with E-state index in [1.807, 2.05) is 12.1 Å². The lowest BCUT2D eigenvalue weighted by Gasteiger charge is -2.18. The third-order valence-electron chi connectivity index (χ3n) is 5.15. The lowest BCUT2D eigenvalue weighted by atomic mass is 10.0. The van der Waals surface area contributed by atoms with Gasteiger partial charge in [-0.15, -0.1) is 0 Å². The van der Waals surface area contributed by atoms with Crippen LogP contribution in [0.25, 0.3) is 0 Å². The summed E-state index contributed by atoms with van der Waals surface area (Å²) >= 11 is 0. The number of ketones is 1. The quantitative estimate of drug-likeness (QED) is 0.539. The molecule has 2 amide bonds. The van der Waals surface area contributed by atoms with Gasteiger partial charge in [0.1, 0.15) is 11.6 Å². The van der Waals surface area contributed by atoms with Crippen LogP contribution in [0.1, 0.15) is 55.5 Å². The first-order valence-corrected chi connectivity index (χ1v) is 10.7. The van der Waals surface area contributed by atoms with Crippen LogP contribution in [-0.2, 0) is 27.2 Å². The molecule has 2 aromatic heterocycles. The van der Waals surface area contributed by atoms with Crippen LogP contribution in [0.3, 0.4) is 0 Å². The van der Waals surface area contributed by atoms with Crippen molar-refractivity contribution in [3.8, 4) is 0 Å². The Kier molecular flexibility index (Phi) is 8.09. The Labute approximate surface area is 182 Å². The molecule has 0 aliphatic carbocycles. The van der Waals surface area contributed by atoms with Crippen LogP contribution in [0.4, 0.5) is 5.82 Å². The van der Waals surface area contributed by atoms with Crippen LogP contribution in [-0.4, -0.2) is 40.7 Å². The average molecular weight is 424 g/mol. The summed E-state index contributed by atoms with van der Waals surface area (Å²) < 4.78 is 0. The zero-order valence-corrected chi connectivity index (χ0v) is 17.8. The van der Waals surface area contributed by atoms with Gasteiger partial charge in [-0.2, -0.15) is 0 Å². The maximum absolute atomic E-state index is 12.3. The smallest absolute Gasteiger partial charge is 0.239 e. The molecular weight excluding hydrogens is 394 g/mol. The highest BCUT2D eigenvalue weighted by Crippen LogP contribution is 2.20. The third kappa shape index (κ3) is 7.16. The largest absolute Gasteiger partial charge is 0.370 e. The minimum absolute atomic E-state index is 0.0378. The van der Waals surface area contributed by atoms with E-state index in [4.69, 9.17) is 0 Å². The molecule has 3 rings (SSSR count). The number of nitrogens with one attached hydrogen (secondary N) is 3. The fourth-order valence-corrected chi connectivity index (χ4v) is 3.57. The summed E-state index contributed by atoms with van der Waals surface area (Å²) in [6.45, 7) is 2.29. The molecule has 8 nitrogen and oxygen atoms in total. The van der Waals surface area contributed by atoms with Crippen molar-refractivity contribution >= 4 is 23.4 Å². The summed E-state index contributed by atoms with van der Waals surface area (Å²) in [7, 11) is 0. The minimum atomic E-state index is -0.459. The standard InChI is InChI=1S/C23H29N5O3/c1-16(29)13-20(18-6-3-11-24-14-18)28-22(31)15-26-21(30)8-2-7-19-10-9-17-5-4-12-25-23(17)27-19/h3,6,9-11,14,20H,2,4-5,7-8,12-13,15H2,1H3,(H,25,27)(H,26,30)(H,28,31)/t20-/m0/s1. The van der Waals surface area contributed by atoms with Crippen LogP contribution in [0.2, 0.25) is 0 Å². The second-order valence-electron chi connectivity index (χ2n) is 7.78. The number of hydrogen-bond donors (Lipinski definition) is 3. The van der Waals surface area contributed by atoms with Gasteiger partial charge in [0, 0.05) is 37.5 Å². The molecule has 0 fully saturated rings. The molecule has 0 unspecified atom stereocenters. The molecule has 2 aromatic rings. The average Bonchev–Trinajstić information content (AvgIpc) is 2.77. The highest BCUT2D eigenvalue weighted by molar-refractivity contribution is 5.85. The van der Waals surface area contributed by atoms with Crippen molar-refractivity contribution in [3.05, 3.63) is 53.5 Å². The molecule has 3 heterocycles. The van der Waals surface area contributed by atoms with Crippen molar-refractivity contribution in [1.29, 1.82) is 0 Å². The maximum atomic E-state index is 12.3. The predicted octanol–water partition coefficient (Wildman–Crippen LogP) is 2.11. The summed E-state index contributed by atoms with van der Waals surface area (Å²) in [5.74, 6) is 0.393. The van der Waals surface area contributed by atoms with Gasteiger partial charge in [-0.25, -0.2) is 4.98 Å². The Morgan fingerprint density at radius 1 is 1.19 bits per heavy atom. The normalized spacial score (nSPS) is 13.5. The second kappa shape index (κ2) is 11.2. The van der Waals surface area contributed by atoms with Crippen LogP contribution in [0.5, 0.6) is 0 Å². The Morgan fingerprint density at radius 2 is 2.06 bits per heavy atom. The van der Waals surface area contributed by atoms with Crippen LogP contribution in [0.15, 0.2) is 36.7 Å². The van der Waals surface area contributed by atoms with Crippen LogP contribution < -0.4 is 16.0 Å². The number of hydrogen-bond acceptors (Lipinski definition) is 6. The number of nitrogens with zero attached hydrogens (tertiary/aromatic N) is 2. The molecule has 0 aromatic carbocycles. The topological polar surface area (TPSA) is 113 Å². The van der Waals surface area contributed by atoms with Crippen LogP contribution in [0, 0.1) is 0 Å². The highest BCUT2D eigenvalue weighted by Gasteiger charge is 2.17. The van der Waals surface area contributed by atoms with E-state index < -0.39 is 6.04 Å². The van der Waals surface area contributed by atoms with E-state index in [1.54, 1.807) is 18.5 Å². The van der Waals surface area contributed by atoms with Gasteiger partial charge in [0.15, 0.2) is 0 Å². The molecule has 8 heteroatoms. The monoisotopic (exact) mass is 423 g/mol. The number of anilines is 1. The first-order chi connectivity index (χ1) is 15.0. The van der Waals surface area contributed by atoms with Crippen molar-refractivity contribution in [2.75, 3.05) is 18.4 Å². The van der Waals surface area contributed by atoms with Gasteiger partial charge in [0.05, 0.1) is 12.6 Å². The van der Waals surface area contributed by atoms with Gasteiger partial charge >= 0.3 is 0 Å². The fraction of sp³-hybridized carbons (Fsp3) is 0.435. The van der Waals surface area contributed by atoms with Gasteiger partial charge in [0.25, 0.3) is 0 Å². The Balaban J connectivity index is 1.40. The van der Waals surface area contributed by atoms with E-state index in [1.165, 1.54) is 12.5 Å². The summed E-state index contributed by atoms with van der Waals surface area (Å²) in [4.78, 5) is 44.6. The summed E-state index contributed by atoms with van der Waals surface area (Å²) in [5, 5.41) is 8.76. The summed E-state index contributed by atoms with van der Waals surface area (Å²) in [6, 6.07) is 7.23. The van der Waals surface area contributed by atoms with Gasteiger partial charge in [0.2, 0.25) is 11.8 Å². The lowest BCUT2D eigenvalue weighted by Crippen LogP contribution is -2.39. The summed E-state index contributed by atoms with van der Waals surface area (Å²) in [5.41, 5.74) is 2.96. The Morgan fingerprint density at radius 3 is 2.84 bits per heavy atom. The number of rotatable bonds is 10. The molecule has 0 radical (unpaired) electrons. The predicted molar refractivity (Wildman–Crippen MR) is 117 cm³/mol. The molecule has 0 bridgehead atoms. The number of carbonyl (C=O) groups excluding carboxylic acids is 3. The maximum Gasteiger partial charge on any atom is 0.239 e. The van der Waals surface area contributed by atoms with Gasteiger partial charge in [-0.3, -0.25) is 19.4 Å². The number of Topliss-reactive ketones (excluding diaryl/α,β-unsaturated/α-hetero) is 1. The number of amides is 2. The van der Waals surface area contributed by atoms with Crippen molar-refractivity contribution in [2.45, 2.75) is 51.5 Å². The van der Waals surface area contributed by atoms with E-state index in [9.17, 15) is 14.4 Å². The van der Waals surface area contributed by atoms with Gasteiger partial charge in [-0.05, 0) is 55.9 Å². The Bertz CT molecular complexity index is 917. The molecule has 0 saturated carbocycles. The molecule has 0 saturated heterocycles. The molecule has 1 atom stereocenters. The molecular formula is C23H29N5O3. The molecule has 164 valence electrons. The number of pyridine rings is 2. The molecule has 3 N–H and O–H groups in total. The van der Waals surface area contributed by atoms with Crippen molar-refractivity contribution in [2.24, 2.45) is 0 Å². The molecule has 0 spiro atoms. The third-order valence-corrected chi connectivity index (χ3v) is 5.15. The fourth-order valence-electron chi connectivity index (χ4n) is 3.57. The number of aryl methyl sites for hydroxylation is 2. The van der Waals surface area contributed by atoms with Crippen molar-refractivity contribution in [1.82, 2.24) is 20.6 Å². The van der Waals surface area contributed by atoms with E-state index >= 15 is 0 Å². The SMILES string of the molecule is CC(=O)C[C@H](NC(=O)CNC(=O)CCCc1ccc2c(n1)NCCC2)c1cccnc1.